The summed E-state index contributed by atoms with van der Waals surface area (Å²) >= 11 is 0. The Morgan fingerprint density at radius 1 is 1.11 bits per heavy atom. The monoisotopic (exact) mass is 387 g/mol. The third-order valence-corrected chi connectivity index (χ3v) is 5.32. The number of carbonyl (C=O) groups excluding carboxylic acids is 2. The molecule has 1 atom stereocenters. The predicted molar refractivity (Wildman–Crippen MR) is 100 cm³/mol. The molecular weight excluding hydrogens is 364 g/mol. The second-order valence-corrected chi connectivity index (χ2v) is 7.19. The molecule has 2 aromatic rings. The Balaban J connectivity index is 1.61. The molecule has 1 aliphatic rings. The summed E-state index contributed by atoms with van der Waals surface area (Å²) in [6, 6.07) is 12.0. The molecule has 148 valence electrons. The smallest absolute Gasteiger partial charge is 0.317 e. The molecule has 0 heterocycles. The molecule has 1 aliphatic carbocycles. The van der Waals surface area contributed by atoms with E-state index in [-0.39, 0.29) is 5.56 Å². The van der Waals surface area contributed by atoms with Gasteiger partial charge in [0.1, 0.15) is 11.6 Å². The zero-order valence-electron chi connectivity index (χ0n) is 15.7. The van der Waals surface area contributed by atoms with Crippen molar-refractivity contribution in [2.24, 2.45) is 0 Å². The number of ether oxygens (including phenoxy) is 1. The first kappa shape index (κ1) is 20.0. The molecule has 0 bridgehead atoms. The number of esters is 1. The summed E-state index contributed by atoms with van der Waals surface area (Å²) in [4.78, 5) is 25.0. The van der Waals surface area contributed by atoms with Crippen molar-refractivity contribution in [2.75, 3.05) is 6.61 Å². The lowest BCUT2D eigenvalue weighted by Gasteiger charge is -2.27. The fourth-order valence-electron chi connectivity index (χ4n) is 3.83. The Hall–Kier alpha value is -2.76. The van der Waals surface area contributed by atoms with Crippen molar-refractivity contribution in [1.29, 1.82) is 0 Å². The molecule has 1 fully saturated rings. The lowest BCUT2D eigenvalue weighted by atomic mass is 9.79. The van der Waals surface area contributed by atoms with Crippen LogP contribution in [0.2, 0.25) is 0 Å². The molecule has 0 spiro atoms. The highest BCUT2D eigenvalue weighted by molar-refractivity contribution is 5.86. The molecule has 1 N–H and O–H groups in total. The van der Waals surface area contributed by atoms with Crippen molar-refractivity contribution in [3.8, 4) is 0 Å². The van der Waals surface area contributed by atoms with Crippen LogP contribution in [0, 0.1) is 11.6 Å². The average Bonchev–Trinajstić information content (AvgIpc) is 3.18. The van der Waals surface area contributed by atoms with Gasteiger partial charge in [-0.25, -0.2) is 8.78 Å². The topological polar surface area (TPSA) is 55.4 Å². The van der Waals surface area contributed by atoms with Gasteiger partial charge in [0.25, 0.3) is 5.91 Å². The van der Waals surface area contributed by atoms with E-state index in [0.717, 1.165) is 30.5 Å². The van der Waals surface area contributed by atoms with E-state index >= 15 is 0 Å². The predicted octanol–water partition coefficient (Wildman–Crippen LogP) is 4.20. The number of amides is 1. The minimum absolute atomic E-state index is 0.164. The summed E-state index contributed by atoms with van der Waals surface area (Å²) in [6.45, 7) is 1.14. The van der Waals surface area contributed by atoms with E-state index in [0.29, 0.717) is 12.8 Å². The van der Waals surface area contributed by atoms with Crippen LogP contribution in [0.1, 0.15) is 49.8 Å². The molecule has 1 saturated carbocycles. The van der Waals surface area contributed by atoms with Gasteiger partial charge in [0.05, 0.1) is 11.5 Å². The van der Waals surface area contributed by atoms with Crippen molar-refractivity contribution < 1.29 is 23.1 Å². The first-order chi connectivity index (χ1) is 13.4. The highest BCUT2D eigenvalue weighted by Crippen LogP contribution is 2.42. The summed E-state index contributed by atoms with van der Waals surface area (Å²) in [5.74, 6) is -2.37. The van der Waals surface area contributed by atoms with Gasteiger partial charge in [-0.3, -0.25) is 9.59 Å². The van der Waals surface area contributed by atoms with E-state index in [9.17, 15) is 18.4 Å². The minimum atomic E-state index is -0.737. The minimum Gasteiger partial charge on any atom is -0.455 e. The molecule has 0 unspecified atom stereocenters. The van der Waals surface area contributed by atoms with E-state index in [1.54, 1.807) is 6.92 Å². The van der Waals surface area contributed by atoms with Crippen molar-refractivity contribution in [3.05, 3.63) is 71.3 Å². The molecule has 0 aliphatic heterocycles. The molecule has 6 heteroatoms. The second kappa shape index (κ2) is 8.50. The van der Waals surface area contributed by atoms with Gasteiger partial charge >= 0.3 is 5.97 Å². The Kier molecular flexibility index (Phi) is 6.07. The van der Waals surface area contributed by atoms with Crippen LogP contribution in [0.3, 0.4) is 0 Å². The van der Waals surface area contributed by atoms with Gasteiger partial charge in [-0.1, -0.05) is 49.2 Å². The lowest BCUT2D eigenvalue weighted by Crippen LogP contribution is -2.38. The van der Waals surface area contributed by atoms with Crippen molar-refractivity contribution in [1.82, 2.24) is 5.32 Å². The largest absolute Gasteiger partial charge is 0.455 e. The van der Waals surface area contributed by atoms with Crippen LogP contribution in [-0.4, -0.2) is 18.5 Å². The third-order valence-electron chi connectivity index (χ3n) is 5.32. The number of rotatable bonds is 6. The number of halogens is 2. The standard InChI is InChI=1S/C22H23F2NO3/c1-15(18-10-9-17(23)13-19(18)24)25-20(26)14-28-21(27)22(11-5-6-12-22)16-7-3-2-4-8-16/h2-4,7-10,13,15H,5-6,11-12,14H2,1H3,(H,25,26)/t15-/m0/s1. The molecule has 4 nitrogen and oxygen atoms in total. The molecule has 3 rings (SSSR count). The van der Waals surface area contributed by atoms with Gasteiger partial charge in [0.2, 0.25) is 0 Å². The Morgan fingerprint density at radius 3 is 2.43 bits per heavy atom. The second-order valence-electron chi connectivity index (χ2n) is 7.19. The molecule has 0 aromatic heterocycles. The quantitative estimate of drug-likeness (QED) is 0.756. The molecule has 0 radical (unpaired) electrons. The van der Waals surface area contributed by atoms with Crippen molar-refractivity contribution in [2.45, 2.75) is 44.1 Å². The molecule has 28 heavy (non-hydrogen) atoms. The number of nitrogens with one attached hydrogen (secondary N) is 1. The van der Waals surface area contributed by atoms with Crippen LogP contribution in [0.15, 0.2) is 48.5 Å². The molecule has 1 amide bonds. The Morgan fingerprint density at radius 2 is 1.79 bits per heavy atom. The normalized spacial score (nSPS) is 16.4. The number of hydrogen-bond donors (Lipinski definition) is 1. The summed E-state index contributed by atoms with van der Waals surface area (Å²) in [6.07, 6.45) is 3.23. The highest BCUT2D eigenvalue weighted by Gasteiger charge is 2.44. The van der Waals surface area contributed by atoms with Crippen LogP contribution in [0.25, 0.3) is 0 Å². The summed E-state index contributed by atoms with van der Waals surface area (Å²) < 4.78 is 32.2. The van der Waals surface area contributed by atoms with Crippen LogP contribution in [0.4, 0.5) is 8.78 Å². The maximum Gasteiger partial charge on any atom is 0.317 e. The first-order valence-corrected chi connectivity index (χ1v) is 9.39. The summed E-state index contributed by atoms with van der Waals surface area (Å²) in [5.41, 5.74) is 0.355. The van der Waals surface area contributed by atoms with Crippen LogP contribution in [0.5, 0.6) is 0 Å². The Labute approximate surface area is 162 Å². The summed E-state index contributed by atoms with van der Waals surface area (Å²) in [7, 11) is 0. The van der Waals surface area contributed by atoms with Gasteiger partial charge in [-0.15, -0.1) is 0 Å². The van der Waals surface area contributed by atoms with E-state index in [1.165, 1.54) is 6.07 Å². The van der Waals surface area contributed by atoms with Gasteiger partial charge in [-0.05, 0) is 31.4 Å². The third kappa shape index (κ3) is 4.21. The van der Waals surface area contributed by atoms with E-state index < -0.39 is 41.6 Å². The zero-order valence-corrected chi connectivity index (χ0v) is 15.7. The SMILES string of the molecule is C[C@H](NC(=O)COC(=O)C1(c2ccccc2)CCCC1)c1ccc(F)cc1F. The number of hydrogen-bond acceptors (Lipinski definition) is 3. The van der Waals surface area contributed by atoms with Crippen LogP contribution >= 0.6 is 0 Å². The maximum absolute atomic E-state index is 13.8. The van der Waals surface area contributed by atoms with Gasteiger partial charge in [0.15, 0.2) is 6.61 Å². The lowest BCUT2D eigenvalue weighted by molar-refractivity contribution is -0.154. The van der Waals surface area contributed by atoms with Crippen LogP contribution < -0.4 is 5.32 Å². The van der Waals surface area contributed by atoms with Gasteiger partial charge < -0.3 is 10.1 Å². The van der Waals surface area contributed by atoms with Gasteiger partial charge in [-0.2, -0.15) is 0 Å². The fraction of sp³-hybridized carbons (Fsp3) is 0.364. The zero-order chi connectivity index (χ0) is 20.1. The average molecular weight is 387 g/mol. The van der Waals surface area contributed by atoms with Gasteiger partial charge in [0, 0.05) is 11.6 Å². The van der Waals surface area contributed by atoms with Crippen LogP contribution in [-0.2, 0) is 19.7 Å². The molecule has 0 saturated heterocycles. The number of carbonyl (C=O) groups is 2. The van der Waals surface area contributed by atoms with E-state index in [1.807, 2.05) is 30.3 Å². The molecule has 2 aromatic carbocycles. The maximum atomic E-state index is 13.8. The first-order valence-electron chi connectivity index (χ1n) is 9.39. The van der Waals surface area contributed by atoms with Crippen molar-refractivity contribution in [3.63, 3.8) is 0 Å². The van der Waals surface area contributed by atoms with E-state index in [2.05, 4.69) is 5.32 Å². The number of benzene rings is 2. The molecular formula is C22H23F2NO3. The van der Waals surface area contributed by atoms with Crippen molar-refractivity contribution >= 4 is 11.9 Å². The van der Waals surface area contributed by atoms with E-state index in [4.69, 9.17) is 4.74 Å². The summed E-state index contributed by atoms with van der Waals surface area (Å²) in [5, 5.41) is 2.58. The Bertz CT molecular complexity index is 848. The fourth-order valence-corrected chi connectivity index (χ4v) is 3.83. The highest BCUT2D eigenvalue weighted by atomic mass is 19.1.